The molecule has 0 saturated heterocycles. The fourth-order valence-corrected chi connectivity index (χ4v) is 2.44. The van der Waals surface area contributed by atoms with Crippen LogP contribution in [0.4, 0.5) is 4.39 Å². The summed E-state index contributed by atoms with van der Waals surface area (Å²) in [4.78, 5) is 12.1. The smallest absolute Gasteiger partial charge is 0.255 e. The van der Waals surface area contributed by atoms with Gasteiger partial charge >= 0.3 is 0 Å². The number of methoxy groups -OCH3 is 2. The fraction of sp³-hybridized carbons (Fsp3) is 0.235. The molecule has 1 amide bonds. The number of carbonyl (C=O) groups excluding carboxylic acids is 1. The van der Waals surface area contributed by atoms with E-state index in [4.69, 9.17) is 21.1 Å². The van der Waals surface area contributed by atoms with Crippen molar-refractivity contribution in [3.8, 4) is 11.5 Å². The molecule has 0 saturated carbocycles. The Labute approximate surface area is 139 Å². The minimum absolute atomic E-state index is 0.0847. The van der Waals surface area contributed by atoms with E-state index in [9.17, 15) is 9.18 Å². The molecule has 0 heterocycles. The van der Waals surface area contributed by atoms with Crippen LogP contribution in [0.15, 0.2) is 36.4 Å². The number of benzene rings is 2. The van der Waals surface area contributed by atoms with Crippen molar-refractivity contribution in [2.45, 2.75) is 6.42 Å². The van der Waals surface area contributed by atoms with E-state index in [2.05, 4.69) is 5.32 Å². The van der Waals surface area contributed by atoms with Crippen LogP contribution in [0.3, 0.4) is 0 Å². The summed E-state index contributed by atoms with van der Waals surface area (Å²) in [5.41, 5.74) is 0.735. The summed E-state index contributed by atoms with van der Waals surface area (Å²) in [6, 6.07) is 9.55. The number of rotatable bonds is 6. The highest BCUT2D eigenvalue weighted by Crippen LogP contribution is 2.24. The van der Waals surface area contributed by atoms with Crippen LogP contribution in [-0.4, -0.2) is 26.7 Å². The molecule has 2 aromatic rings. The summed E-state index contributed by atoms with van der Waals surface area (Å²) in [5.74, 6) is 0.206. The summed E-state index contributed by atoms with van der Waals surface area (Å²) in [7, 11) is 3.15. The fourth-order valence-electron chi connectivity index (χ4n) is 2.19. The minimum Gasteiger partial charge on any atom is -0.497 e. The lowest BCUT2D eigenvalue weighted by Gasteiger charge is -2.11. The Balaban J connectivity index is 2.04. The monoisotopic (exact) mass is 337 g/mol. The molecule has 1 N–H and O–H groups in total. The van der Waals surface area contributed by atoms with Crippen molar-refractivity contribution in [3.63, 3.8) is 0 Å². The molecular formula is C17H17ClFNO3. The van der Waals surface area contributed by atoms with E-state index in [1.165, 1.54) is 18.2 Å². The van der Waals surface area contributed by atoms with Crippen molar-refractivity contribution in [1.29, 1.82) is 0 Å². The van der Waals surface area contributed by atoms with E-state index in [1.54, 1.807) is 26.4 Å². The van der Waals surface area contributed by atoms with E-state index in [1.807, 2.05) is 6.07 Å². The molecule has 0 aliphatic carbocycles. The van der Waals surface area contributed by atoms with Crippen molar-refractivity contribution in [3.05, 3.63) is 58.4 Å². The Kier molecular flexibility index (Phi) is 5.82. The molecule has 0 aliphatic rings. The number of ether oxygens (including phenoxy) is 2. The van der Waals surface area contributed by atoms with Crippen LogP contribution in [0.5, 0.6) is 11.5 Å². The Morgan fingerprint density at radius 1 is 1.22 bits per heavy atom. The van der Waals surface area contributed by atoms with Crippen LogP contribution in [-0.2, 0) is 6.42 Å². The van der Waals surface area contributed by atoms with Crippen LogP contribution in [0.25, 0.3) is 0 Å². The summed E-state index contributed by atoms with van der Waals surface area (Å²) in [5, 5.41) is 2.74. The highest BCUT2D eigenvalue weighted by Gasteiger charge is 2.15. The van der Waals surface area contributed by atoms with E-state index >= 15 is 0 Å². The van der Waals surface area contributed by atoms with Gasteiger partial charge in [0.05, 0.1) is 24.8 Å². The molecule has 6 heteroatoms. The second-order valence-corrected chi connectivity index (χ2v) is 5.19. The van der Waals surface area contributed by atoms with Crippen molar-refractivity contribution < 1.29 is 18.7 Å². The summed E-state index contributed by atoms with van der Waals surface area (Å²) in [6.45, 7) is 0.313. The van der Waals surface area contributed by atoms with Gasteiger partial charge < -0.3 is 14.8 Å². The van der Waals surface area contributed by atoms with E-state index in [-0.39, 0.29) is 10.6 Å². The topological polar surface area (TPSA) is 47.6 Å². The normalized spacial score (nSPS) is 10.3. The van der Waals surface area contributed by atoms with E-state index in [0.717, 1.165) is 5.56 Å². The molecule has 23 heavy (non-hydrogen) atoms. The van der Waals surface area contributed by atoms with Gasteiger partial charge in [0.15, 0.2) is 0 Å². The van der Waals surface area contributed by atoms with Gasteiger partial charge in [-0.3, -0.25) is 4.79 Å². The Morgan fingerprint density at radius 2 is 2.00 bits per heavy atom. The molecular weight excluding hydrogens is 321 g/mol. The zero-order valence-corrected chi connectivity index (χ0v) is 13.6. The summed E-state index contributed by atoms with van der Waals surface area (Å²) < 4.78 is 24.1. The third-order valence-electron chi connectivity index (χ3n) is 3.36. The van der Waals surface area contributed by atoms with Gasteiger partial charge in [0.2, 0.25) is 0 Å². The van der Waals surface area contributed by atoms with Gasteiger partial charge in [-0.15, -0.1) is 0 Å². The zero-order valence-electron chi connectivity index (χ0n) is 12.9. The van der Waals surface area contributed by atoms with Crippen molar-refractivity contribution in [1.82, 2.24) is 5.32 Å². The van der Waals surface area contributed by atoms with Gasteiger partial charge in [0.1, 0.15) is 17.3 Å². The Hall–Kier alpha value is -2.27. The Bertz CT molecular complexity index is 686. The molecule has 0 atom stereocenters. The first-order valence-corrected chi connectivity index (χ1v) is 7.37. The molecule has 0 bridgehead atoms. The van der Waals surface area contributed by atoms with Gasteiger partial charge in [0, 0.05) is 6.54 Å². The number of halogens is 2. The van der Waals surface area contributed by atoms with Crippen molar-refractivity contribution >= 4 is 17.5 Å². The zero-order chi connectivity index (χ0) is 16.8. The quantitative estimate of drug-likeness (QED) is 0.878. The largest absolute Gasteiger partial charge is 0.497 e. The highest BCUT2D eigenvalue weighted by molar-refractivity contribution is 6.33. The number of carbonyl (C=O) groups is 1. The molecule has 0 fully saturated rings. The average Bonchev–Trinajstić information content (AvgIpc) is 2.54. The van der Waals surface area contributed by atoms with Gasteiger partial charge in [-0.2, -0.15) is 0 Å². The van der Waals surface area contributed by atoms with Crippen molar-refractivity contribution in [2.24, 2.45) is 0 Å². The molecule has 0 aliphatic heterocycles. The molecule has 0 spiro atoms. The SMILES string of the molecule is COc1ccc(OC)c(CCNC(=O)c2c(F)cccc2Cl)c1. The maximum atomic E-state index is 13.7. The maximum Gasteiger partial charge on any atom is 0.255 e. The number of nitrogens with one attached hydrogen (secondary N) is 1. The van der Waals surface area contributed by atoms with Crippen LogP contribution in [0.2, 0.25) is 5.02 Å². The number of hydrogen-bond acceptors (Lipinski definition) is 3. The molecule has 4 nitrogen and oxygen atoms in total. The lowest BCUT2D eigenvalue weighted by Crippen LogP contribution is -2.27. The summed E-state index contributed by atoms with van der Waals surface area (Å²) in [6.07, 6.45) is 0.512. The first-order valence-electron chi connectivity index (χ1n) is 7.00. The first-order chi connectivity index (χ1) is 11.1. The summed E-state index contributed by atoms with van der Waals surface area (Å²) >= 11 is 5.87. The molecule has 122 valence electrons. The molecule has 2 aromatic carbocycles. The predicted molar refractivity (Wildman–Crippen MR) is 87.0 cm³/mol. The second kappa shape index (κ2) is 7.83. The average molecular weight is 338 g/mol. The van der Waals surface area contributed by atoms with Gasteiger partial charge in [0.25, 0.3) is 5.91 Å². The predicted octanol–water partition coefficient (Wildman–Crippen LogP) is 3.47. The van der Waals surface area contributed by atoms with E-state index in [0.29, 0.717) is 24.5 Å². The van der Waals surface area contributed by atoms with Crippen molar-refractivity contribution in [2.75, 3.05) is 20.8 Å². The lowest BCUT2D eigenvalue weighted by atomic mass is 10.1. The highest BCUT2D eigenvalue weighted by atomic mass is 35.5. The van der Waals surface area contributed by atoms with Crippen LogP contribution in [0, 0.1) is 5.82 Å². The van der Waals surface area contributed by atoms with Gasteiger partial charge in [-0.1, -0.05) is 17.7 Å². The Morgan fingerprint density at radius 3 is 2.65 bits per heavy atom. The molecule has 2 rings (SSSR count). The van der Waals surface area contributed by atoms with Crippen LogP contribution >= 0.6 is 11.6 Å². The van der Waals surface area contributed by atoms with E-state index < -0.39 is 11.7 Å². The lowest BCUT2D eigenvalue weighted by molar-refractivity contribution is 0.0950. The molecule has 0 aromatic heterocycles. The van der Waals surface area contributed by atoms with Gasteiger partial charge in [-0.05, 0) is 42.3 Å². The third-order valence-corrected chi connectivity index (χ3v) is 3.67. The third kappa shape index (κ3) is 4.13. The standard InChI is InChI=1S/C17H17ClFNO3/c1-22-12-6-7-15(23-2)11(10-12)8-9-20-17(21)16-13(18)4-3-5-14(16)19/h3-7,10H,8-9H2,1-2H3,(H,20,21). The number of hydrogen-bond donors (Lipinski definition) is 1. The maximum absolute atomic E-state index is 13.7. The van der Waals surface area contributed by atoms with Gasteiger partial charge in [-0.25, -0.2) is 4.39 Å². The minimum atomic E-state index is -0.644. The number of amides is 1. The molecule has 0 unspecified atom stereocenters. The first kappa shape index (κ1) is 17.1. The van der Waals surface area contributed by atoms with Crippen LogP contribution < -0.4 is 14.8 Å². The molecule has 0 radical (unpaired) electrons. The van der Waals surface area contributed by atoms with Crippen LogP contribution in [0.1, 0.15) is 15.9 Å². The second-order valence-electron chi connectivity index (χ2n) is 4.78.